The number of nitrogens with zero attached hydrogens (tertiary/aromatic N) is 2. The molecule has 0 unspecified atom stereocenters. The van der Waals surface area contributed by atoms with Gasteiger partial charge in [-0.25, -0.2) is 0 Å². The van der Waals surface area contributed by atoms with Gasteiger partial charge in [0.1, 0.15) is 0 Å². The lowest BCUT2D eigenvalue weighted by Crippen LogP contribution is -2.07. The predicted molar refractivity (Wildman–Crippen MR) is 100 cm³/mol. The summed E-state index contributed by atoms with van der Waals surface area (Å²) in [7, 11) is 0. The Balaban J connectivity index is 2.14. The van der Waals surface area contributed by atoms with Crippen LogP contribution in [0.2, 0.25) is 0 Å². The van der Waals surface area contributed by atoms with Gasteiger partial charge in [0.15, 0.2) is 0 Å². The van der Waals surface area contributed by atoms with E-state index in [1.807, 2.05) is 12.1 Å². The van der Waals surface area contributed by atoms with E-state index in [0.29, 0.717) is 10.8 Å². The predicted octanol–water partition coefficient (Wildman–Crippen LogP) is 5.28. The summed E-state index contributed by atoms with van der Waals surface area (Å²) in [6, 6.07) is 10.3. The molecule has 1 aliphatic rings. The third-order valence-electron chi connectivity index (χ3n) is 5.61. The normalized spacial score (nSPS) is 14.2. The van der Waals surface area contributed by atoms with Crippen LogP contribution in [0.3, 0.4) is 0 Å². The second-order valence-electron chi connectivity index (χ2n) is 6.86. The number of non-ortho nitro benzene ring substituents is 2. The highest BCUT2D eigenvalue weighted by molar-refractivity contribution is 6.28. The summed E-state index contributed by atoms with van der Waals surface area (Å²) in [4.78, 5) is 22.5. The van der Waals surface area contributed by atoms with Crippen molar-refractivity contribution in [3.05, 3.63) is 67.8 Å². The van der Waals surface area contributed by atoms with E-state index in [1.54, 1.807) is 24.3 Å². The average molecular weight is 346 g/mol. The molecule has 0 radical (unpaired) electrons. The van der Waals surface area contributed by atoms with Crippen molar-refractivity contribution >= 4 is 43.7 Å². The molecule has 0 fully saturated rings. The number of aryl methyl sites for hydroxylation is 2. The number of nitro groups is 2. The molecular weight excluding hydrogens is 332 g/mol. The van der Waals surface area contributed by atoms with Crippen LogP contribution in [0.5, 0.6) is 0 Å². The zero-order valence-electron chi connectivity index (χ0n) is 13.8. The van der Waals surface area contributed by atoms with Gasteiger partial charge in [-0.2, -0.15) is 0 Å². The molecule has 5 rings (SSSR count). The Bertz CT molecular complexity index is 1250. The molecule has 4 aromatic carbocycles. The maximum atomic E-state index is 11.7. The van der Waals surface area contributed by atoms with Gasteiger partial charge >= 0.3 is 0 Å². The van der Waals surface area contributed by atoms with E-state index in [1.165, 1.54) is 0 Å². The summed E-state index contributed by atoms with van der Waals surface area (Å²) in [5, 5.41) is 27.9. The van der Waals surface area contributed by atoms with Crippen LogP contribution < -0.4 is 0 Å². The van der Waals surface area contributed by atoms with Crippen LogP contribution in [0.4, 0.5) is 11.4 Å². The third-order valence-corrected chi connectivity index (χ3v) is 5.61. The first-order chi connectivity index (χ1) is 12.6. The molecular formula is C20H14N2O4. The van der Waals surface area contributed by atoms with E-state index in [2.05, 4.69) is 0 Å². The molecule has 0 spiro atoms. The zero-order valence-corrected chi connectivity index (χ0v) is 13.8. The molecule has 1 aliphatic carbocycles. The van der Waals surface area contributed by atoms with Gasteiger partial charge in [-0.3, -0.25) is 20.2 Å². The summed E-state index contributed by atoms with van der Waals surface area (Å²) >= 11 is 0. The van der Waals surface area contributed by atoms with Gasteiger partial charge in [0.25, 0.3) is 11.4 Å². The van der Waals surface area contributed by atoms with Crippen LogP contribution in [0.15, 0.2) is 36.4 Å². The van der Waals surface area contributed by atoms with E-state index in [0.717, 1.165) is 58.4 Å². The number of benzene rings is 4. The smallest absolute Gasteiger partial charge is 0.258 e. The number of hydrogen-bond donors (Lipinski definition) is 0. The van der Waals surface area contributed by atoms with E-state index < -0.39 is 0 Å². The van der Waals surface area contributed by atoms with Crippen molar-refractivity contribution in [2.75, 3.05) is 0 Å². The minimum atomic E-state index is -0.382. The largest absolute Gasteiger partial charge is 0.277 e. The van der Waals surface area contributed by atoms with Gasteiger partial charge in [0, 0.05) is 22.9 Å². The lowest BCUT2D eigenvalue weighted by atomic mass is 9.80. The fraction of sp³-hybridized carbons (Fsp3) is 0.200. The molecule has 4 aromatic rings. The summed E-state index contributed by atoms with van der Waals surface area (Å²) in [5.41, 5.74) is 2.30. The highest BCUT2D eigenvalue weighted by atomic mass is 16.6. The Morgan fingerprint density at radius 2 is 1.27 bits per heavy atom. The van der Waals surface area contributed by atoms with Gasteiger partial charge in [-0.15, -0.1) is 0 Å². The summed E-state index contributed by atoms with van der Waals surface area (Å²) < 4.78 is 0. The number of rotatable bonds is 2. The Morgan fingerprint density at radius 3 is 2.00 bits per heavy atom. The van der Waals surface area contributed by atoms with Crippen molar-refractivity contribution < 1.29 is 9.85 Å². The first kappa shape index (κ1) is 15.0. The number of hydrogen-bond acceptors (Lipinski definition) is 4. The van der Waals surface area contributed by atoms with E-state index in [-0.39, 0.29) is 21.2 Å². The summed E-state index contributed by atoms with van der Waals surface area (Å²) in [6.07, 6.45) is 3.69. The molecule has 0 saturated carbocycles. The molecule has 0 aromatic heterocycles. The highest BCUT2D eigenvalue weighted by Crippen LogP contribution is 2.46. The maximum absolute atomic E-state index is 11.7. The van der Waals surface area contributed by atoms with E-state index >= 15 is 0 Å². The van der Waals surface area contributed by atoms with Crippen LogP contribution in [0.25, 0.3) is 32.3 Å². The monoisotopic (exact) mass is 346 g/mol. The van der Waals surface area contributed by atoms with Gasteiger partial charge in [0.05, 0.1) is 20.6 Å². The molecule has 0 saturated heterocycles. The minimum absolute atomic E-state index is 0.0444. The second kappa shape index (κ2) is 5.11. The molecule has 0 atom stereocenters. The van der Waals surface area contributed by atoms with Crippen LogP contribution in [0.1, 0.15) is 24.0 Å². The van der Waals surface area contributed by atoms with Crippen molar-refractivity contribution in [1.29, 1.82) is 0 Å². The fourth-order valence-electron chi connectivity index (χ4n) is 4.58. The SMILES string of the molecule is O=[N+]([O-])c1ccc2c3c(c4c([N+](=O)[O-])ccc5ccc1c2c54)CCCC3. The third kappa shape index (κ3) is 1.81. The first-order valence-electron chi connectivity index (χ1n) is 8.62. The summed E-state index contributed by atoms with van der Waals surface area (Å²) in [6.45, 7) is 0. The molecule has 0 bridgehead atoms. The molecule has 0 aliphatic heterocycles. The van der Waals surface area contributed by atoms with Gasteiger partial charge in [0.2, 0.25) is 0 Å². The van der Waals surface area contributed by atoms with Crippen molar-refractivity contribution in [2.45, 2.75) is 25.7 Å². The Labute approximate surface area is 147 Å². The number of nitro benzene ring substituents is 2. The Hall–Kier alpha value is -3.28. The molecule has 6 nitrogen and oxygen atoms in total. The second-order valence-corrected chi connectivity index (χ2v) is 6.86. The molecule has 0 N–H and O–H groups in total. The van der Waals surface area contributed by atoms with Crippen LogP contribution in [-0.2, 0) is 12.8 Å². The zero-order chi connectivity index (χ0) is 18.0. The van der Waals surface area contributed by atoms with Crippen molar-refractivity contribution in [3.8, 4) is 0 Å². The molecule has 6 heteroatoms. The lowest BCUT2D eigenvalue weighted by Gasteiger charge is -2.23. The molecule has 26 heavy (non-hydrogen) atoms. The van der Waals surface area contributed by atoms with Crippen molar-refractivity contribution in [3.63, 3.8) is 0 Å². The molecule has 0 amide bonds. The average Bonchev–Trinajstić information content (AvgIpc) is 2.65. The van der Waals surface area contributed by atoms with E-state index in [4.69, 9.17) is 0 Å². The Morgan fingerprint density at radius 1 is 0.654 bits per heavy atom. The van der Waals surface area contributed by atoms with Gasteiger partial charge in [-0.1, -0.05) is 6.07 Å². The lowest BCUT2D eigenvalue weighted by molar-refractivity contribution is -0.383. The highest BCUT2D eigenvalue weighted by Gasteiger charge is 2.27. The van der Waals surface area contributed by atoms with Crippen LogP contribution in [0, 0.1) is 20.2 Å². The van der Waals surface area contributed by atoms with Crippen LogP contribution in [-0.4, -0.2) is 9.85 Å². The Kier molecular flexibility index (Phi) is 2.95. The van der Waals surface area contributed by atoms with Gasteiger partial charge in [-0.05, 0) is 65.8 Å². The topological polar surface area (TPSA) is 86.3 Å². The fourth-order valence-corrected chi connectivity index (χ4v) is 4.58. The minimum Gasteiger partial charge on any atom is -0.258 e. The van der Waals surface area contributed by atoms with E-state index in [9.17, 15) is 20.2 Å². The standard InChI is InChI=1S/C20H14N2O4/c23-21(24)16-10-8-14-12-3-1-2-4-13(12)20-17(22(25)26)9-6-11-5-7-15(16)19(14)18(11)20/h5-10H,1-4H2. The quantitative estimate of drug-likeness (QED) is 0.281. The van der Waals surface area contributed by atoms with Crippen molar-refractivity contribution in [1.82, 2.24) is 0 Å². The molecule has 128 valence electrons. The van der Waals surface area contributed by atoms with Crippen LogP contribution >= 0.6 is 0 Å². The summed E-state index contributed by atoms with van der Waals surface area (Å²) in [5.74, 6) is 0. The maximum Gasteiger partial charge on any atom is 0.277 e. The number of fused-ring (bicyclic) bond motifs is 3. The first-order valence-corrected chi connectivity index (χ1v) is 8.62. The van der Waals surface area contributed by atoms with Gasteiger partial charge < -0.3 is 0 Å². The van der Waals surface area contributed by atoms with Crippen molar-refractivity contribution in [2.24, 2.45) is 0 Å². The molecule has 0 heterocycles.